The van der Waals surface area contributed by atoms with E-state index < -0.39 is 11.6 Å². The monoisotopic (exact) mass is 359 g/mol. The Kier molecular flexibility index (Phi) is 6.49. The molecule has 0 aliphatic rings. The minimum atomic E-state index is -0.577. The lowest BCUT2D eigenvalue weighted by atomic mass is 10.1. The second kappa shape index (κ2) is 8.60. The van der Waals surface area contributed by atoms with Crippen LogP contribution in [-0.4, -0.2) is 33.3 Å². The van der Waals surface area contributed by atoms with Gasteiger partial charge in [0.15, 0.2) is 0 Å². The van der Waals surface area contributed by atoms with E-state index in [9.17, 15) is 4.79 Å². The van der Waals surface area contributed by atoms with Crippen LogP contribution in [0.3, 0.4) is 0 Å². The molecule has 2 aromatic rings. The maximum atomic E-state index is 11.9. The maximum Gasteiger partial charge on any atom is 0.334 e. The summed E-state index contributed by atoms with van der Waals surface area (Å²) in [6.45, 7) is 11.9. The first kappa shape index (κ1) is 19.6. The second-order valence-electron chi connectivity index (χ2n) is 6.88. The van der Waals surface area contributed by atoms with Gasteiger partial charge in [-0.05, 0) is 33.3 Å². The van der Waals surface area contributed by atoms with E-state index in [0.29, 0.717) is 29.8 Å². The molecule has 0 unspecified atom stereocenters. The fourth-order valence-corrected chi connectivity index (χ4v) is 1.97. The first-order chi connectivity index (χ1) is 12.3. The quantitative estimate of drug-likeness (QED) is 0.403. The summed E-state index contributed by atoms with van der Waals surface area (Å²) in [4.78, 5) is 20.5. The van der Waals surface area contributed by atoms with Crippen LogP contribution in [0.1, 0.15) is 46.4 Å². The van der Waals surface area contributed by atoms with Crippen molar-refractivity contribution in [3.8, 4) is 17.3 Å². The average molecular weight is 359 g/mol. The highest BCUT2D eigenvalue weighted by Gasteiger charge is 2.20. The van der Waals surface area contributed by atoms with E-state index in [1.807, 2.05) is 6.07 Å². The smallest absolute Gasteiger partial charge is 0.334 e. The number of aromatic nitrogens is 3. The van der Waals surface area contributed by atoms with Crippen molar-refractivity contribution >= 4 is 5.97 Å². The molecule has 0 radical (unpaired) electrons. The van der Waals surface area contributed by atoms with Crippen LogP contribution in [0.25, 0.3) is 11.4 Å². The highest BCUT2D eigenvalue weighted by atomic mass is 16.6. The van der Waals surface area contributed by atoms with Crippen LogP contribution in [-0.2, 0) is 16.0 Å². The van der Waals surface area contributed by atoms with Gasteiger partial charge in [-0.2, -0.15) is 4.98 Å². The third-order valence-corrected chi connectivity index (χ3v) is 3.26. The van der Waals surface area contributed by atoms with Crippen molar-refractivity contribution in [2.75, 3.05) is 6.61 Å². The van der Waals surface area contributed by atoms with Gasteiger partial charge < -0.3 is 14.0 Å². The Labute approximate surface area is 153 Å². The third-order valence-electron chi connectivity index (χ3n) is 3.26. The molecular formula is C19H25N3O4. The Hall–Kier alpha value is -2.70. The predicted molar refractivity (Wildman–Crippen MR) is 96.6 cm³/mol. The number of hydrogen-bond acceptors (Lipinski definition) is 7. The maximum absolute atomic E-state index is 11.9. The van der Waals surface area contributed by atoms with Gasteiger partial charge in [0.05, 0.1) is 13.0 Å². The van der Waals surface area contributed by atoms with Crippen LogP contribution in [0.2, 0.25) is 0 Å². The highest BCUT2D eigenvalue weighted by Crippen LogP contribution is 2.19. The Bertz CT molecular complexity index is 745. The Balaban J connectivity index is 1.96. The molecule has 0 saturated carbocycles. The molecule has 0 saturated heterocycles. The van der Waals surface area contributed by atoms with Crippen LogP contribution in [0.15, 0.2) is 35.0 Å². The molecule has 26 heavy (non-hydrogen) atoms. The van der Waals surface area contributed by atoms with E-state index in [4.69, 9.17) is 14.0 Å². The van der Waals surface area contributed by atoms with Crippen molar-refractivity contribution in [2.24, 2.45) is 0 Å². The van der Waals surface area contributed by atoms with Gasteiger partial charge in [0.25, 0.3) is 0 Å². The van der Waals surface area contributed by atoms with Gasteiger partial charge in [-0.25, -0.2) is 9.78 Å². The molecular weight excluding hydrogens is 334 g/mol. The zero-order chi connectivity index (χ0) is 19.2. The molecule has 0 amide bonds. The van der Waals surface area contributed by atoms with E-state index in [1.54, 1.807) is 33.0 Å². The van der Waals surface area contributed by atoms with E-state index in [1.165, 1.54) is 0 Å². The summed E-state index contributed by atoms with van der Waals surface area (Å²) in [5.74, 6) is 0.764. The predicted octanol–water partition coefficient (Wildman–Crippen LogP) is 3.75. The summed E-state index contributed by atoms with van der Waals surface area (Å²) >= 11 is 0. The van der Waals surface area contributed by atoms with Gasteiger partial charge in [0.2, 0.25) is 17.6 Å². The number of carbonyl (C=O) groups is 1. The van der Waals surface area contributed by atoms with Gasteiger partial charge in [0, 0.05) is 23.4 Å². The SMILES string of the molecule is C=C(Cc1nc(-c2ccc(OCCCC)nc2)no1)C(=O)OC(C)(C)C. The molecule has 0 aromatic carbocycles. The van der Waals surface area contributed by atoms with Crippen molar-refractivity contribution in [3.05, 3.63) is 36.4 Å². The van der Waals surface area contributed by atoms with Gasteiger partial charge in [0.1, 0.15) is 5.60 Å². The zero-order valence-corrected chi connectivity index (χ0v) is 15.7. The average Bonchev–Trinajstić information content (AvgIpc) is 3.02. The van der Waals surface area contributed by atoms with Gasteiger partial charge >= 0.3 is 5.97 Å². The molecule has 0 bridgehead atoms. The molecule has 0 fully saturated rings. The van der Waals surface area contributed by atoms with Gasteiger partial charge in [-0.15, -0.1) is 0 Å². The van der Waals surface area contributed by atoms with Crippen LogP contribution in [0.4, 0.5) is 0 Å². The fraction of sp³-hybridized carbons (Fsp3) is 0.474. The number of pyridine rings is 1. The summed E-state index contributed by atoms with van der Waals surface area (Å²) in [5.41, 5.74) is 0.380. The van der Waals surface area contributed by atoms with Crippen LogP contribution >= 0.6 is 0 Å². The number of rotatable bonds is 8. The van der Waals surface area contributed by atoms with Crippen molar-refractivity contribution in [2.45, 2.75) is 52.6 Å². The van der Waals surface area contributed by atoms with E-state index in [-0.39, 0.29) is 12.0 Å². The molecule has 2 heterocycles. The number of esters is 1. The van der Waals surface area contributed by atoms with Crippen molar-refractivity contribution < 1.29 is 18.8 Å². The van der Waals surface area contributed by atoms with Crippen LogP contribution in [0.5, 0.6) is 5.88 Å². The second-order valence-corrected chi connectivity index (χ2v) is 6.88. The number of carbonyl (C=O) groups excluding carboxylic acids is 1. The summed E-state index contributed by atoms with van der Waals surface area (Å²) in [6.07, 6.45) is 3.81. The Morgan fingerprint density at radius 1 is 1.31 bits per heavy atom. The van der Waals surface area contributed by atoms with E-state index in [2.05, 4.69) is 28.6 Å². The summed E-state index contributed by atoms with van der Waals surface area (Å²) < 4.78 is 16.0. The third kappa shape index (κ3) is 5.98. The minimum absolute atomic E-state index is 0.132. The summed E-state index contributed by atoms with van der Waals surface area (Å²) in [6, 6.07) is 3.58. The molecule has 0 aliphatic carbocycles. The van der Waals surface area contributed by atoms with Gasteiger partial charge in [-0.1, -0.05) is 25.1 Å². The van der Waals surface area contributed by atoms with Crippen molar-refractivity contribution in [3.63, 3.8) is 0 Å². The molecule has 7 nitrogen and oxygen atoms in total. The van der Waals surface area contributed by atoms with E-state index in [0.717, 1.165) is 12.8 Å². The van der Waals surface area contributed by atoms with Crippen molar-refractivity contribution in [1.82, 2.24) is 15.1 Å². The standard InChI is InChI=1S/C19H25N3O4/c1-6-7-10-24-15-9-8-14(12-20-15)17-21-16(26-22-17)11-13(2)18(23)25-19(3,4)5/h8-9,12H,2,6-7,10-11H2,1,3-5H3. The minimum Gasteiger partial charge on any atom is -0.478 e. The lowest BCUT2D eigenvalue weighted by Crippen LogP contribution is -2.25. The number of nitrogens with zero attached hydrogens (tertiary/aromatic N) is 3. The largest absolute Gasteiger partial charge is 0.478 e. The van der Waals surface area contributed by atoms with Gasteiger partial charge in [-0.3, -0.25) is 0 Å². The molecule has 2 rings (SSSR count). The molecule has 7 heteroatoms. The molecule has 2 aromatic heterocycles. The van der Waals surface area contributed by atoms with E-state index >= 15 is 0 Å². The Morgan fingerprint density at radius 2 is 2.08 bits per heavy atom. The van der Waals surface area contributed by atoms with Crippen LogP contribution < -0.4 is 4.74 Å². The summed E-state index contributed by atoms with van der Waals surface area (Å²) in [5, 5.41) is 3.92. The topological polar surface area (TPSA) is 87.3 Å². The molecule has 0 spiro atoms. The lowest BCUT2D eigenvalue weighted by Gasteiger charge is -2.19. The first-order valence-corrected chi connectivity index (χ1v) is 8.61. The summed E-state index contributed by atoms with van der Waals surface area (Å²) in [7, 11) is 0. The lowest BCUT2D eigenvalue weighted by molar-refractivity contribution is -0.150. The number of ether oxygens (including phenoxy) is 2. The molecule has 0 aliphatic heterocycles. The van der Waals surface area contributed by atoms with Crippen LogP contribution in [0, 0.1) is 0 Å². The fourth-order valence-electron chi connectivity index (χ4n) is 1.97. The number of hydrogen-bond donors (Lipinski definition) is 0. The Morgan fingerprint density at radius 3 is 2.69 bits per heavy atom. The normalized spacial score (nSPS) is 11.2. The molecule has 0 atom stereocenters. The van der Waals surface area contributed by atoms with Crippen molar-refractivity contribution in [1.29, 1.82) is 0 Å². The zero-order valence-electron chi connectivity index (χ0n) is 15.7. The molecule has 0 N–H and O–H groups in total. The molecule has 140 valence electrons. The number of unbranched alkanes of at least 4 members (excludes halogenated alkanes) is 1. The first-order valence-electron chi connectivity index (χ1n) is 8.61. The highest BCUT2D eigenvalue weighted by molar-refractivity contribution is 5.88.